The number of hydrogen-bond acceptors (Lipinski definition) is 4. The van der Waals surface area contributed by atoms with Crippen LogP contribution in [0.15, 0.2) is 35.4 Å². The van der Waals surface area contributed by atoms with Gasteiger partial charge in [0.2, 0.25) is 5.91 Å². The molecule has 0 heterocycles. The third-order valence-electron chi connectivity index (χ3n) is 4.34. The zero-order chi connectivity index (χ0) is 17.0. The van der Waals surface area contributed by atoms with Gasteiger partial charge in [-0.05, 0) is 57.9 Å². The predicted molar refractivity (Wildman–Crippen MR) is 85.8 cm³/mol. The highest BCUT2D eigenvalue weighted by molar-refractivity contribution is 5.95. The topological polar surface area (TPSA) is 78.5 Å². The number of allylic oxidation sites excluding steroid dienone is 2. The van der Waals surface area contributed by atoms with E-state index >= 15 is 0 Å². The highest BCUT2D eigenvalue weighted by atomic mass is 16.5. The van der Waals surface area contributed by atoms with E-state index in [2.05, 4.69) is 5.32 Å². The maximum Gasteiger partial charge on any atom is 0.228 e. The molecule has 5 nitrogen and oxygen atoms in total. The van der Waals surface area contributed by atoms with Crippen molar-refractivity contribution in [2.45, 2.75) is 33.6 Å². The van der Waals surface area contributed by atoms with Crippen LogP contribution in [0.5, 0.6) is 5.75 Å². The second kappa shape index (κ2) is 7.31. The molecule has 5 heteroatoms. The number of rotatable bonds is 5. The number of carbonyl (C=O) groups is 2. The summed E-state index contributed by atoms with van der Waals surface area (Å²) in [4.78, 5) is 23.8. The molecule has 1 aliphatic rings. The lowest BCUT2D eigenvalue weighted by Crippen LogP contribution is -2.42. The summed E-state index contributed by atoms with van der Waals surface area (Å²) in [5, 5.41) is 14.2. The quantitative estimate of drug-likeness (QED) is 0.844. The van der Waals surface area contributed by atoms with Crippen LogP contribution in [-0.4, -0.2) is 18.5 Å². The van der Waals surface area contributed by atoms with E-state index in [1.165, 1.54) is 0 Å². The summed E-state index contributed by atoms with van der Waals surface area (Å²) < 4.78 is 5.35. The first-order valence-corrected chi connectivity index (χ1v) is 7.82. The average Bonchev–Trinajstić information content (AvgIpc) is 2.51. The van der Waals surface area contributed by atoms with Crippen molar-refractivity contribution in [2.24, 2.45) is 11.8 Å². The number of hydrogen-bond donors (Lipinski definition) is 1. The Labute approximate surface area is 136 Å². The standard InChI is InChI=1S/C18H23NO4/c1-4-23-14-7-5-13(6-8-14)19-17(20)15-9-11(2)12(3)10-16(15)18(21)22/h5-8,15-16H,4,9-10H2,1-3H3,(H,19,20)(H,21,22)/p-1/t15-,16+/m0/s1. The monoisotopic (exact) mass is 316 g/mol. The lowest BCUT2D eigenvalue weighted by molar-refractivity contribution is -0.313. The molecule has 1 N–H and O–H groups in total. The molecule has 0 saturated carbocycles. The van der Waals surface area contributed by atoms with Crippen molar-refractivity contribution in [3.05, 3.63) is 35.4 Å². The van der Waals surface area contributed by atoms with E-state index in [0.29, 0.717) is 25.1 Å². The predicted octanol–water partition coefficient (Wildman–Crippen LogP) is 2.14. The fraction of sp³-hybridized carbons (Fsp3) is 0.444. The molecule has 0 aliphatic heterocycles. The summed E-state index contributed by atoms with van der Waals surface area (Å²) in [5.74, 6) is -2.10. The third kappa shape index (κ3) is 4.12. The average molecular weight is 316 g/mol. The summed E-state index contributed by atoms with van der Waals surface area (Å²) in [6, 6.07) is 7.03. The van der Waals surface area contributed by atoms with Gasteiger partial charge >= 0.3 is 0 Å². The van der Waals surface area contributed by atoms with Crippen LogP contribution in [0.4, 0.5) is 5.69 Å². The van der Waals surface area contributed by atoms with E-state index in [-0.39, 0.29) is 5.91 Å². The van der Waals surface area contributed by atoms with Gasteiger partial charge in [0.1, 0.15) is 5.75 Å². The summed E-state index contributed by atoms with van der Waals surface area (Å²) in [6.07, 6.45) is 0.822. The second-order valence-corrected chi connectivity index (χ2v) is 5.95. The van der Waals surface area contributed by atoms with Gasteiger partial charge in [-0.3, -0.25) is 4.79 Å². The number of carbonyl (C=O) groups excluding carboxylic acids is 2. The van der Waals surface area contributed by atoms with Gasteiger partial charge in [0.05, 0.1) is 12.5 Å². The van der Waals surface area contributed by atoms with Crippen LogP contribution in [0, 0.1) is 11.8 Å². The molecule has 2 atom stereocenters. The summed E-state index contributed by atoms with van der Waals surface area (Å²) in [6.45, 7) is 6.33. The third-order valence-corrected chi connectivity index (χ3v) is 4.34. The number of nitrogens with one attached hydrogen (secondary N) is 1. The molecular formula is C18H22NO4-. The first kappa shape index (κ1) is 17.1. The van der Waals surface area contributed by atoms with Crippen molar-refractivity contribution in [1.29, 1.82) is 0 Å². The molecule has 1 amide bonds. The molecule has 0 fully saturated rings. The van der Waals surface area contributed by atoms with E-state index < -0.39 is 17.8 Å². The Morgan fingerprint density at radius 2 is 1.70 bits per heavy atom. The minimum absolute atomic E-state index is 0.282. The minimum Gasteiger partial charge on any atom is -0.550 e. The Balaban J connectivity index is 2.10. The van der Waals surface area contributed by atoms with E-state index in [4.69, 9.17) is 4.74 Å². The molecule has 0 bridgehead atoms. The summed E-state index contributed by atoms with van der Waals surface area (Å²) in [5.41, 5.74) is 2.73. The van der Waals surface area contributed by atoms with Crippen LogP contribution in [0.25, 0.3) is 0 Å². The smallest absolute Gasteiger partial charge is 0.228 e. The number of anilines is 1. The first-order valence-electron chi connectivity index (χ1n) is 7.82. The SMILES string of the molecule is CCOc1ccc(NC(=O)[C@H]2CC(C)=C(C)C[C@H]2C(=O)[O-])cc1. The van der Waals surface area contributed by atoms with Gasteiger partial charge in [0, 0.05) is 17.6 Å². The molecule has 0 unspecified atom stereocenters. The van der Waals surface area contributed by atoms with E-state index in [1.54, 1.807) is 24.3 Å². The Kier molecular flexibility index (Phi) is 5.42. The zero-order valence-corrected chi connectivity index (χ0v) is 13.7. The van der Waals surface area contributed by atoms with Crippen LogP contribution in [0.3, 0.4) is 0 Å². The minimum atomic E-state index is -1.16. The largest absolute Gasteiger partial charge is 0.550 e. The number of carboxylic acid groups (broad SMARTS) is 1. The molecule has 0 aromatic heterocycles. The number of carboxylic acids is 1. The van der Waals surface area contributed by atoms with Crippen LogP contribution in [0.2, 0.25) is 0 Å². The number of aliphatic carboxylic acids is 1. The molecule has 124 valence electrons. The first-order chi connectivity index (χ1) is 10.9. The lowest BCUT2D eigenvalue weighted by atomic mass is 9.76. The highest BCUT2D eigenvalue weighted by Crippen LogP contribution is 2.34. The fourth-order valence-electron chi connectivity index (χ4n) is 2.85. The lowest BCUT2D eigenvalue weighted by Gasteiger charge is -2.32. The maximum atomic E-state index is 12.5. The molecule has 1 aliphatic carbocycles. The van der Waals surface area contributed by atoms with E-state index in [0.717, 1.165) is 16.9 Å². The van der Waals surface area contributed by atoms with Crippen LogP contribution < -0.4 is 15.2 Å². The van der Waals surface area contributed by atoms with Gasteiger partial charge < -0.3 is 20.0 Å². The van der Waals surface area contributed by atoms with Crippen LogP contribution in [-0.2, 0) is 9.59 Å². The van der Waals surface area contributed by atoms with Gasteiger partial charge in [-0.1, -0.05) is 11.1 Å². The molecule has 0 spiro atoms. The van der Waals surface area contributed by atoms with Crippen molar-refractivity contribution >= 4 is 17.6 Å². The van der Waals surface area contributed by atoms with Gasteiger partial charge in [-0.25, -0.2) is 0 Å². The van der Waals surface area contributed by atoms with Crippen LogP contribution in [0.1, 0.15) is 33.6 Å². The normalized spacial score (nSPS) is 21.0. The molecule has 23 heavy (non-hydrogen) atoms. The van der Waals surface area contributed by atoms with Crippen LogP contribution >= 0.6 is 0 Å². The highest BCUT2D eigenvalue weighted by Gasteiger charge is 2.33. The maximum absolute atomic E-state index is 12.5. The number of benzene rings is 1. The molecule has 1 aromatic carbocycles. The van der Waals surface area contributed by atoms with E-state index in [1.807, 2.05) is 20.8 Å². The van der Waals surface area contributed by atoms with Gasteiger partial charge in [0.25, 0.3) is 0 Å². The summed E-state index contributed by atoms with van der Waals surface area (Å²) in [7, 11) is 0. The molecule has 0 radical (unpaired) electrons. The van der Waals surface area contributed by atoms with Gasteiger partial charge in [0.15, 0.2) is 0 Å². The van der Waals surface area contributed by atoms with Gasteiger partial charge in [-0.15, -0.1) is 0 Å². The van der Waals surface area contributed by atoms with E-state index in [9.17, 15) is 14.7 Å². The Hall–Kier alpha value is -2.30. The summed E-state index contributed by atoms with van der Waals surface area (Å²) >= 11 is 0. The molecule has 1 aromatic rings. The zero-order valence-electron chi connectivity index (χ0n) is 13.7. The molecule has 0 saturated heterocycles. The Bertz CT molecular complexity index is 618. The van der Waals surface area contributed by atoms with Crippen molar-refractivity contribution in [1.82, 2.24) is 0 Å². The fourth-order valence-corrected chi connectivity index (χ4v) is 2.85. The van der Waals surface area contributed by atoms with Gasteiger partial charge in [-0.2, -0.15) is 0 Å². The Morgan fingerprint density at radius 3 is 2.22 bits per heavy atom. The Morgan fingerprint density at radius 1 is 1.13 bits per heavy atom. The number of ether oxygens (including phenoxy) is 1. The molecule has 2 rings (SSSR count). The number of amides is 1. The second-order valence-electron chi connectivity index (χ2n) is 5.95. The van der Waals surface area contributed by atoms with Crippen molar-refractivity contribution in [3.8, 4) is 5.75 Å². The van der Waals surface area contributed by atoms with Crippen molar-refractivity contribution in [2.75, 3.05) is 11.9 Å². The molecular weight excluding hydrogens is 294 g/mol. The van der Waals surface area contributed by atoms with Crippen molar-refractivity contribution < 1.29 is 19.4 Å². The van der Waals surface area contributed by atoms with Crippen molar-refractivity contribution in [3.63, 3.8) is 0 Å².